The average Bonchev–Trinajstić information content (AvgIpc) is 2.79. The van der Waals surface area contributed by atoms with Crippen molar-refractivity contribution >= 4 is 17.3 Å². The van der Waals surface area contributed by atoms with Gasteiger partial charge < -0.3 is 14.8 Å². The zero-order valence-electron chi connectivity index (χ0n) is 16.2. The van der Waals surface area contributed by atoms with Gasteiger partial charge in [-0.15, -0.1) is 0 Å². The summed E-state index contributed by atoms with van der Waals surface area (Å²) in [5, 5.41) is 3.04. The van der Waals surface area contributed by atoms with Crippen LogP contribution in [0.4, 0.5) is 5.69 Å². The molecule has 0 fully saturated rings. The van der Waals surface area contributed by atoms with Crippen LogP contribution in [0.25, 0.3) is 0 Å². The van der Waals surface area contributed by atoms with Crippen molar-refractivity contribution in [3.8, 4) is 11.5 Å². The first-order valence-corrected chi connectivity index (χ1v) is 9.02. The van der Waals surface area contributed by atoms with Crippen LogP contribution in [-0.4, -0.2) is 25.8 Å². The Morgan fingerprint density at radius 2 is 1.48 bits per heavy atom. The highest BCUT2D eigenvalue weighted by Crippen LogP contribution is 2.27. The Labute approximate surface area is 169 Å². The van der Waals surface area contributed by atoms with E-state index < -0.39 is 0 Å². The van der Waals surface area contributed by atoms with Crippen molar-refractivity contribution in [3.05, 3.63) is 102 Å². The third kappa shape index (κ3) is 4.71. The Morgan fingerprint density at radius 3 is 2.21 bits per heavy atom. The van der Waals surface area contributed by atoms with Crippen LogP contribution < -0.4 is 14.8 Å². The molecule has 0 aliphatic rings. The van der Waals surface area contributed by atoms with E-state index in [-0.39, 0.29) is 11.6 Å². The van der Waals surface area contributed by atoms with Crippen LogP contribution in [0.5, 0.6) is 11.5 Å². The van der Waals surface area contributed by atoms with E-state index >= 15 is 0 Å². The summed E-state index contributed by atoms with van der Waals surface area (Å²) in [6.07, 6.45) is 2.93. The third-order valence-corrected chi connectivity index (χ3v) is 4.35. The Bertz CT molecular complexity index is 1040. The van der Waals surface area contributed by atoms with Crippen LogP contribution in [0.1, 0.15) is 26.3 Å². The summed E-state index contributed by atoms with van der Waals surface area (Å²) >= 11 is 0. The fraction of sp³-hybridized carbons (Fsp3) is 0.0833. The van der Waals surface area contributed by atoms with E-state index in [9.17, 15) is 9.59 Å². The molecule has 0 radical (unpaired) electrons. The smallest absolute Gasteiger partial charge is 0.195 e. The van der Waals surface area contributed by atoms with Gasteiger partial charge in [0.05, 0.1) is 14.2 Å². The maximum Gasteiger partial charge on any atom is 0.195 e. The molecule has 3 aromatic rings. The number of nitrogens with one attached hydrogen (secondary N) is 1. The van der Waals surface area contributed by atoms with Crippen LogP contribution in [0.2, 0.25) is 0 Å². The van der Waals surface area contributed by atoms with Gasteiger partial charge in [-0.25, -0.2) is 0 Å². The molecule has 0 aliphatic heterocycles. The minimum Gasteiger partial charge on any atom is -0.493 e. The second kappa shape index (κ2) is 9.37. The highest BCUT2D eigenvalue weighted by molar-refractivity contribution is 6.12. The maximum atomic E-state index is 12.8. The van der Waals surface area contributed by atoms with Gasteiger partial charge in [0.15, 0.2) is 23.1 Å². The van der Waals surface area contributed by atoms with E-state index in [4.69, 9.17) is 9.47 Å². The fourth-order valence-electron chi connectivity index (χ4n) is 2.84. The number of ketones is 2. The predicted octanol–water partition coefficient (Wildman–Crippen LogP) is 4.74. The molecule has 0 saturated carbocycles. The average molecular weight is 387 g/mol. The third-order valence-electron chi connectivity index (χ3n) is 4.35. The maximum absolute atomic E-state index is 12.8. The van der Waals surface area contributed by atoms with Gasteiger partial charge in [0, 0.05) is 34.7 Å². The SMILES string of the molecule is COc1ccc(C(=O)C=CNc2ccccc2C(=O)c2ccccc2)cc1OC. The fourth-order valence-corrected chi connectivity index (χ4v) is 2.84. The van der Waals surface area contributed by atoms with Crippen LogP contribution in [0, 0.1) is 0 Å². The number of hydrogen-bond donors (Lipinski definition) is 1. The number of benzene rings is 3. The standard InChI is InChI=1S/C24H21NO4/c1-28-22-13-12-18(16-23(22)29-2)21(26)14-15-25-20-11-7-6-10-19(20)24(27)17-8-4-3-5-9-17/h3-16,25H,1-2H3. The second-order valence-electron chi connectivity index (χ2n) is 6.15. The molecular weight excluding hydrogens is 366 g/mol. The lowest BCUT2D eigenvalue weighted by atomic mass is 10.0. The first kappa shape index (κ1) is 19.9. The molecule has 5 nitrogen and oxygen atoms in total. The van der Waals surface area contributed by atoms with E-state index in [0.29, 0.717) is 33.9 Å². The molecule has 0 bridgehead atoms. The monoisotopic (exact) mass is 387 g/mol. The summed E-state index contributed by atoms with van der Waals surface area (Å²) in [6, 6.07) is 21.2. The number of carbonyl (C=O) groups excluding carboxylic acids is 2. The lowest BCUT2D eigenvalue weighted by Crippen LogP contribution is -2.05. The van der Waals surface area contributed by atoms with Crippen LogP contribution in [0.15, 0.2) is 85.1 Å². The van der Waals surface area contributed by atoms with E-state index in [0.717, 1.165) is 0 Å². The second-order valence-corrected chi connectivity index (χ2v) is 6.15. The minimum atomic E-state index is -0.203. The van der Waals surface area contributed by atoms with E-state index in [2.05, 4.69) is 5.32 Å². The quantitative estimate of drug-likeness (QED) is 0.447. The number of rotatable bonds is 8. The van der Waals surface area contributed by atoms with Crippen molar-refractivity contribution in [1.82, 2.24) is 0 Å². The Balaban J connectivity index is 1.76. The molecule has 3 rings (SSSR count). The van der Waals surface area contributed by atoms with Gasteiger partial charge in [0.2, 0.25) is 0 Å². The molecule has 3 aromatic carbocycles. The Morgan fingerprint density at radius 1 is 0.793 bits per heavy atom. The summed E-state index contributed by atoms with van der Waals surface area (Å²) in [5.41, 5.74) is 2.22. The van der Waals surface area contributed by atoms with E-state index in [1.807, 2.05) is 24.3 Å². The van der Waals surface area contributed by atoms with Gasteiger partial charge >= 0.3 is 0 Å². The van der Waals surface area contributed by atoms with Crippen LogP contribution in [-0.2, 0) is 0 Å². The number of carbonyl (C=O) groups is 2. The van der Waals surface area contributed by atoms with Crippen molar-refractivity contribution in [2.45, 2.75) is 0 Å². The van der Waals surface area contributed by atoms with Gasteiger partial charge in [-0.05, 0) is 30.3 Å². The summed E-state index contributed by atoms with van der Waals surface area (Å²) in [5.74, 6) is 0.747. The number of para-hydroxylation sites is 1. The van der Waals surface area contributed by atoms with Crippen LogP contribution in [0.3, 0.4) is 0 Å². The number of anilines is 1. The Hall–Kier alpha value is -3.86. The summed E-state index contributed by atoms with van der Waals surface area (Å²) in [6.45, 7) is 0. The van der Waals surface area contributed by atoms with Gasteiger partial charge in [0.25, 0.3) is 0 Å². The van der Waals surface area contributed by atoms with Crippen molar-refractivity contribution in [2.24, 2.45) is 0 Å². The molecule has 29 heavy (non-hydrogen) atoms. The van der Waals surface area contributed by atoms with Gasteiger partial charge in [0.1, 0.15) is 0 Å². The van der Waals surface area contributed by atoms with Gasteiger partial charge in [-0.2, -0.15) is 0 Å². The largest absolute Gasteiger partial charge is 0.493 e. The van der Waals surface area contributed by atoms with Crippen molar-refractivity contribution in [3.63, 3.8) is 0 Å². The molecule has 0 aromatic heterocycles. The van der Waals surface area contributed by atoms with Crippen LogP contribution >= 0.6 is 0 Å². The summed E-state index contributed by atoms with van der Waals surface area (Å²) < 4.78 is 10.4. The number of allylic oxidation sites excluding steroid dienone is 1. The molecule has 1 N–H and O–H groups in total. The van der Waals surface area contributed by atoms with E-state index in [1.165, 1.54) is 26.5 Å². The topological polar surface area (TPSA) is 64.6 Å². The first-order valence-electron chi connectivity index (χ1n) is 9.02. The van der Waals surface area contributed by atoms with Crippen molar-refractivity contribution in [1.29, 1.82) is 0 Å². The molecule has 0 saturated heterocycles. The highest BCUT2D eigenvalue weighted by Gasteiger charge is 2.12. The van der Waals surface area contributed by atoms with Crippen molar-refractivity contribution < 1.29 is 19.1 Å². The molecule has 5 heteroatoms. The highest BCUT2D eigenvalue weighted by atomic mass is 16.5. The Kier molecular flexibility index (Phi) is 6.43. The normalized spacial score (nSPS) is 10.6. The molecule has 0 spiro atoms. The molecule has 0 atom stereocenters. The lowest BCUT2D eigenvalue weighted by Gasteiger charge is -2.09. The predicted molar refractivity (Wildman–Crippen MR) is 113 cm³/mol. The molecule has 0 amide bonds. The van der Waals surface area contributed by atoms with E-state index in [1.54, 1.807) is 48.5 Å². The lowest BCUT2D eigenvalue weighted by molar-refractivity contribution is 0.103. The number of hydrogen-bond acceptors (Lipinski definition) is 5. The number of methoxy groups -OCH3 is 2. The first-order chi connectivity index (χ1) is 14.1. The minimum absolute atomic E-state index is 0.0895. The molecule has 0 aliphatic carbocycles. The summed E-state index contributed by atoms with van der Waals surface area (Å²) in [4.78, 5) is 25.2. The number of ether oxygens (including phenoxy) is 2. The van der Waals surface area contributed by atoms with Gasteiger partial charge in [-0.3, -0.25) is 9.59 Å². The molecule has 0 heterocycles. The van der Waals surface area contributed by atoms with Crippen molar-refractivity contribution in [2.75, 3.05) is 19.5 Å². The summed E-state index contributed by atoms with van der Waals surface area (Å²) in [7, 11) is 3.06. The zero-order chi connectivity index (χ0) is 20.6. The molecule has 0 unspecified atom stereocenters. The van der Waals surface area contributed by atoms with Gasteiger partial charge in [-0.1, -0.05) is 42.5 Å². The molecular formula is C24H21NO4. The zero-order valence-corrected chi connectivity index (χ0v) is 16.2. The molecule has 146 valence electrons.